The Hall–Kier alpha value is -1.84. The van der Waals surface area contributed by atoms with Crippen LogP contribution in [-0.4, -0.2) is 17.8 Å². The maximum atomic E-state index is 10.2. The monoisotopic (exact) mass is 285 g/mol. The van der Waals surface area contributed by atoms with Crippen molar-refractivity contribution in [2.45, 2.75) is 32.6 Å². The number of hydrogen-bond donors (Lipinski definition) is 2. The van der Waals surface area contributed by atoms with Crippen LogP contribution in [0.25, 0.3) is 0 Å². The van der Waals surface area contributed by atoms with Crippen molar-refractivity contribution in [1.82, 2.24) is 5.32 Å². The van der Waals surface area contributed by atoms with Crippen LogP contribution < -0.4 is 10.1 Å². The molecule has 21 heavy (non-hydrogen) atoms. The van der Waals surface area contributed by atoms with Crippen molar-refractivity contribution in [3.63, 3.8) is 0 Å². The van der Waals surface area contributed by atoms with E-state index in [1.165, 1.54) is 5.56 Å². The van der Waals surface area contributed by atoms with Crippen LogP contribution in [0, 0.1) is 0 Å². The molecule has 0 saturated heterocycles. The third-order valence-electron chi connectivity index (χ3n) is 3.12. The summed E-state index contributed by atoms with van der Waals surface area (Å²) in [6, 6.07) is 17.8. The highest BCUT2D eigenvalue weighted by molar-refractivity contribution is 5.30. The van der Waals surface area contributed by atoms with Crippen molar-refractivity contribution in [3.05, 3.63) is 65.7 Å². The van der Waals surface area contributed by atoms with E-state index < -0.39 is 6.10 Å². The number of rotatable bonds is 7. The molecule has 0 bridgehead atoms. The number of benzene rings is 2. The molecule has 0 spiro atoms. The molecule has 2 aromatic rings. The fourth-order valence-electron chi connectivity index (χ4n) is 2.13. The molecule has 0 amide bonds. The summed E-state index contributed by atoms with van der Waals surface area (Å²) in [6.07, 6.45) is -0.405. The van der Waals surface area contributed by atoms with E-state index in [9.17, 15) is 5.11 Å². The van der Waals surface area contributed by atoms with Gasteiger partial charge in [0.1, 0.15) is 5.75 Å². The first-order valence-corrected chi connectivity index (χ1v) is 7.34. The van der Waals surface area contributed by atoms with Gasteiger partial charge in [-0.25, -0.2) is 0 Å². The molecule has 112 valence electrons. The number of aliphatic hydroxyl groups is 1. The summed E-state index contributed by atoms with van der Waals surface area (Å²) in [4.78, 5) is 0. The van der Waals surface area contributed by atoms with Gasteiger partial charge >= 0.3 is 0 Å². The maximum absolute atomic E-state index is 10.2. The maximum Gasteiger partial charge on any atom is 0.120 e. The molecule has 0 heterocycles. The van der Waals surface area contributed by atoms with Gasteiger partial charge in [-0.3, -0.25) is 0 Å². The summed E-state index contributed by atoms with van der Waals surface area (Å²) in [5, 5.41) is 13.5. The Bertz CT molecular complexity index is 540. The van der Waals surface area contributed by atoms with Gasteiger partial charge < -0.3 is 15.2 Å². The number of hydrogen-bond acceptors (Lipinski definition) is 3. The first-order chi connectivity index (χ1) is 10.1. The van der Waals surface area contributed by atoms with E-state index in [0.717, 1.165) is 17.9 Å². The standard InChI is InChI=1S/C18H23NO2/c1-14(2)21-17-10-6-9-16(11-17)18(20)13-19-12-15-7-4-3-5-8-15/h3-11,14,18-20H,12-13H2,1-2H3. The SMILES string of the molecule is CC(C)Oc1cccc(C(O)CNCc2ccccc2)c1. The Morgan fingerprint density at radius 1 is 1.05 bits per heavy atom. The summed E-state index contributed by atoms with van der Waals surface area (Å²) in [5.74, 6) is 0.796. The van der Waals surface area contributed by atoms with E-state index in [1.54, 1.807) is 0 Å². The Morgan fingerprint density at radius 3 is 2.52 bits per heavy atom. The quantitative estimate of drug-likeness (QED) is 0.820. The lowest BCUT2D eigenvalue weighted by Crippen LogP contribution is -2.21. The molecule has 0 aliphatic carbocycles. The second kappa shape index (κ2) is 7.81. The Labute approximate surface area is 126 Å². The van der Waals surface area contributed by atoms with Gasteiger partial charge in [-0.1, -0.05) is 42.5 Å². The molecule has 0 radical (unpaired) electrons. The highest BCUT2D eigenvalue weighted by Gasteiger charge is 2.08. The average Bonchev–Trinajstić information content (AvgIpc) is 2.48. The van der Waals surface area contributed by atoms with Crippen LogP contribution in [0.15, 0.2) is 54.6 Å². The fraction of sp³-hybridized carbons (Fsp3) is 0.333. The highest BCUT2D eigenvalue weighted by atomic mass is 16.5. The molecule has 0 saturated carbocycles. The molecule has 2 aromatic carbocycles. The number of nitrogens with one attached hydrogen (secondary N) is 1. The third-order valence-corrected chi connectivity index (χ3v) is 3.12. The normalized spacial score (nSPS) is 12.4. The molecule has 1 unspecified atom stereocenters. The van der Waals surface area contributed by atoms with Crippen LogP contribution in [0.5, 0.6) is 5.75 Å². The van der Waals surface area contributed by atoms with Crippen molar-refractivity contribution in [2.75, 3.05) is 6.54 Å². The summed E-state index contributed by atoms with van der Waals surface area (Å²) in [5.41, 5.74) is 2.08. The molecule has 1 atom stereocenters. The molecule has 0 aromatic heterocycles. The van der Waals surface area contributed by atoms with Crippen LogP contribution in [0.1, 0.15) is 31.1 Å². The molecular weight excluding hydrogens is 262 g/mol. The minimum atomic E-state index is -0.538. The predicted octanol–water partition coefficient (Wildman–Crippen LogP) is 3.30. The highest BCUT2D eigenvalue weighted by Crippen LogP contribution is 2.20. The van der Waals surface area contributed by atoms with Gasteiger partial charge in [0.2, 0.25) is 0 Å². The van der Waals surface area contributed by atoms with Crippen molar-refractivity contribution in [3.8, 4) is 5.75 Å². The third kappa shape index (κ3) is 5.21. The Balaban J connectivity index is 1.86. The number of aliphatic hydroxyl groups excluding tert-OH is 1. The number of ether oxygens (including phenoxy) is 1. The summed E-state index contributed by atoms with van der Waals surface area (Å²) >= 11 is 0. The summed E-state index contributed by atoms with van der Waals surface area (Å²) < 4.78 is 5.65. The zero-order valence-electron chi connectivity index (χ0n) is 12.6. The van der Waals surface area contributed by atoms with E-state index in [1.807, 2.05) is 56.3 Å². The van der Waals surface area contributed by atoms with Crippen molar-refractivity contribution >= 4 is 0 Å². The van der Waals surface area contributed by atoms with Crippen LogP contribution >= 0.6 is 0 Å². The van der Waals surface area contributed by atoms with Crippen molar-refractivity contribution in [2.24, 2.45) is 0 Å². The topological polar surface area (TPSA) is 41.5 Å². The molecule has 0 aliphatic rings. The fourth-order valence-corrected chi connectivity index (χ4v) is 2.13. The second-order valence-corrected chi connectivity index (χ2v) is 5.37. The van der Waals surface area contributed by atoms with Gasteiger partial charge in [-0.2, -0.15) is 0 Å². The molecule has 3 nitrogen and oxygen atoms in total. The van der Waals surface area contributed by atoms with Crippen LogP contribution in [-0.2, 0) is 6.54 Å². The van der Waals surface area contributed by atoms with Gasteiger partial charge in [0, 0.05) is 13.1 Å². The smallest absolute Gasteiger partial charge is 0.120 e. The lowest BCUT2D eigenvalue weighted by atomic mass is 10.1. The molecular formula is C18H23NO2. The van der Waals surface area contributed by atoms with Crippen molar-refractivity contribution < 1.29 is 9.84 Å². The van der Waals surface area contributed by atoms with E-state index >= 15 is 0 Å². The van der Waals surface area contributed by atoms with Crippen LogP contribution in [0.3, 0.4) is 0 Å². The molecule has 3 heteroatoms. The zero-order valence-corrected chi connectivity index (χ0v) is 12.6. The van der Waals surface area contributed by atoms with Gasteiger partial charge in [0.15, 0.2) is 0 Å². The molecule has 2 N–H and O–H groups in total. The Kier molecular flexibility index (Phi) is 5.78. The largest absolute Gasteiger partial charge is 0.491 e. The van der Waals surface area contributed by atoms with E-state index in [0.29, 0.717) is 6.54 Å². The Morgan fingerprint density at radius 2 is 1.81 bits per heavy atom. The first-order valence-electron chi connectivity index (χ1n) is 7.34. The van der Waals surface area contributed by atoms with E-state index in [-0.39, 0.29) is 6.10 Å². The molecule has 0 fully saturated rings. The van der Waals surface area contributed by atoms with Gasteiger partial charge in [-0.05, 0) is 37.1 Å². The second-order valence-electron chi connectivity index (χ2n) is 5.37. The minimum Gasteiger partial charge on any atom is -0.491 e. The summed E-state index contributed by atoms with van der Waals surface area (Å²) in [6.45, 7) is 5.25. The predicted molar refractivity (Wildman–Crippen MR) is 85.3 cm³/mol. The van der Waals surface area contributed by atoms with Crippen molar-refractivity contribution in [1.29, 1.82) is 0 Å². The first kappa shape index (κ1) is 15.5. The van der Waals surface area contributed by atoms with E-state index in [2.05, 4.69) is 17.4 Å². The average molecular weight is 285 g/mol. The molecule has 0 aliphatic heterocycles. The summed E-state index contributed by atoms with van der Waals surface area (Å²) in [7, 11) is 0. The minimum absolute atomic E-state index is 0.133. The lowest BCUT2D eigenvalue weighted by molar-refractivity contribution is 0.173. The van der Waals surface area contributed by atoms with Crippen LogP contribution in [0.2, 0.25) is 0 Å². The van der Waals surface area contributed by atoms with Gasteiger partial charge in [0.25, 0.3) is 0 Å². The molecule has 2 rings (SSSR count). The van der Waals surface area contributed by atoms with Gasteiger partial charge in [0.05, 0.1) is 12.2 Å². The van der Waals surface area contributed by atoms with E-state index in [4.69, 9.17) is 4.74 Å². The zero-order chi connectivity index (χ0) is 15.1. The van der Waals surface area contributed by atoms with Gasteiger partial charge in [-0.15, -0.1) is 0 Å². The lowest BCUT2D eigenvalue weighted by Gasteiger charge is -2.15. The van der Waals surface area contributed by atoms with Crippen LogP contribution in [0.4, 0.5) is 0 Å².